The van der Waals surface area contributed by atoms with E-state index in [2.05, 4.69) is 11.9 Å². The summed E-state index contributed by atoms with van der Waals surface area (Å²) in [7, 11) is 1.55. The number of imidazole rings is 1. The van der Waals surface area contributed by atoms with Crippen LogP contribution >= 0.6 is 0 Å². The minimum Gasteiger partial charge on any atom is -0.507 e. The van der Waals surface area contributed by atoms with Gasteiger partial charge < -0.3 is 28.8 Å². The summed E-state index contributed by atoms with van der Waals surface area (Å²) < 4.78 is 18.9. The smallest absolute Gasteiger partial charge is 0.295 e. The number of methoxy groups -OCH3 is 1. The van der Waals surface area contributed by atoms with Gasteiger partial charge in [-0.05, 0) is 61.7 Å². The highest BCUT2D eigenvalue weighted by atomic mass is 16.5. The molecule has 1 aromatic heterocycles. The topological polar surface area (TPSA) is 103 Å². The molecule has 0 spiro atoms. The summed E-state index contributed by atoms with van der Waals surface area (Å²) in [4.78, 5) is 32.3. The number of ether oxygens (including phenoxy) is 3. The average molecular weight is 534 g/mol. The quantitative estimate of drug-likeness (QED) is 0.143. The van der Waals surface area contributed by atoms with Crippen LogP contribution in [0.25, 0.3) is 5.76 Å². The number of hydrogen-bond donors (Lipinski definition) is 1. The van der Waals surface area contributed by atoms with Crippen LogP contribution in [-0.2, 0) is 16.1 Å². The molecule has 39 heavy (non-hydrogen) atoms. The Morgan fingerprint density at radius 3 is 2.46 bits per heavy atom. The lowest BCUT2D eigenvalue weighted by Crippen LogP contribution is -2.31. The van der Waals surface area contributed by atoms with Crippen LogP contribution in [-0.4, -0.2) is 58.1 Å². The number of carbonyl (C=O) groups is 2. The first kappa shape index (κ1) is 27.8. The Hall–Kier alpha value is -4.27. The molecule has 0 saturated carbocycles. The highest BCUT2D eigenvalue weighted by Gasteiger charge is 2.46. The van der Waals surface area contributed by atoms with Gasteiger partial charge in [-0.3, -0.25) is 9.59 Å². The van der Waals surface area contributed by atoms with E-state index in [1.807, 2.05) is 23.8 Å². The summed E-state index contributed by atoms with van der Waals surface area (Å²) in [5.74, 6) is 0.127. The first-order valence-corrected chi connectivity index (χ1v) is 13.3. The molecule has 9 nitrogen and oxygen atoms in total. The number of amides is 1. The lowest BCUT2D eigenvalue weighted by atomic mass is 9.95. The molecule has 3 aromatic rings. The third kappa shape index (κ3) is 6.25. The second-order valence-corrected chi connectivity index (χ2v) is 9.22. The van der Waals surface area contributed by atoms with Crippen molar-refractivity contribution in [2.75, 3.05) is 26.9 Å². The number of rotatable bonds is 13. The summed E-state index contributed by atoms with van der Waals surface area (Å²) in [6.07, 6.45) is 7.76. The summed E-state index contributed by atoms with van der Waals surface area (Å²) in [6, 6.07) is 11.3. The van der Waals surface area contributed by atoms with Crippen LogP contribution in [0.4, 0.5) is 0 Å². The Balaban J connectivity index is 1.75. The number of aryl methyl sites for hydroxylation is 1. The third-order valence-corrected chi connectivity index (χ3v) is 6.62. The van der Waals surface area contributed by atoms with E-state index in [0.29, 0.717) is 61.1 Å². The fourth-order valence-electron chi connectivity index (χ4n) is 4.61. The third-order valence-electron chi connectivity index (χ3n) is 6.62. The van der Waals surface area contributed by atoms with E-state index < -0.39 is 17.7 Å². The number of ketones is 1. The number of aliphatic hydroxyl groups is 1. The number of benzene rings is 2. The number of Topliss-reactive ketones (excluding diaryl/α,β-unsaturated/α-hetero) is 1. The van der Waals surface area contributed by atoms with E-state index in [0.717, 1.165) is 12.8 Å². The predicted octanol–water partition coefficient (Wildman–Crippen LogP) is 4.98. The van der Waals surface area contributed by atoms with E-state index in [4.69, 9.17) is 14.2 Å². The molecule has 1 amide bonds. The highest BCUT2D eigenvalue weighted by Crippen LogP contribution is 2.42. The minimum atomic E-state index is -0.793. The van der Waals surface area contributed by atoms with Crippen molar-refractivity contribution in [3.8, 4) is 17.2 Å². The Morgan fingerprint density at radius 1 is 1.00 bits per heavy atom. The predicted molar refractivity (Wildman–Crippen MR) is 147 cm³/mol. The normalized spacial score (nSPS) is 16.5. The molecule has 2 heterocycles. The first-order valence-electron chi connectivity index (χ1n) is 13.3. The van der Waals surface area contributed by atoms with E-state index in [9.17, 15) is 14.7 Å². The van der Waals surface area contributed by atoms with Crippen molar-refractivity contribution in [2.45, 2.75) is 45.7 Å². The molecule has 9 heteroatoms. The molecule has 0 aliphatic carbocycles. The van der Waals surface area contributed by atoms with Crippen molar-refractivity contribution in [2.24, 2.45) is 0 Å². The van der Waals surface area contributed by atoms with Crippen molar-refractivity contribution in [1.29, 1.82) is 0 Å². The molecule has 1 fully saturated rings. The van der Waals surface area contributed by atoms with Crippen LogP contribution in [0.15, 0.2) is 66.8 Å². The SMILES string of the molecule is CCCCOc1ccc(C2/C(=C(\O)c3ccc(OC)cc3)C(=O)C(=O)N2CCCn2ccnc2)cc1OCC. The molecule has 0 radical (unpaired) electrons. The molecular weight excluding hydrogens is 498 g/mol. The molecule has 1 N–H and O–H groups in total. The molecule has 1 aliphatic heterocycles. The Bertz CT molecular complexity index is 1300. The molecule has 1 saturated heterocycles. The summed E-state index contributed by atoms with van der Waals surface area (Å²) in [5, 5.41) is 11.3. The van der Waals surface area contributed by atoms with Crippen molar-refractivity contribution < 1.29 is 28.9 Å². The summed E-state index contributed by atoms with van der Waals surface area (Å²) >= 11 is 0. The average Bonchev–Trinajstić information content (AvgIpc) is 3.56. The number of likely N-dealkylation sites (tertiary alicyclic amines) is 1. The van der Waals surface area contributed by atoms with Crippen LogP contribution in [0, 0.1) is 0 Å². The molecular formula is C30H35N3O6. The summed E-state index contributed by atoms with van der Waals surface area (Å²) in [6.45, 7) is 5.89. The summed E-state index contributed by atoms with van der Waals surface area (Å²) in [5.41, 5.74) is 1.11. The molecule has 1 atom stereocenters. The van der Waals surface area contributed by atoms with Gasteiger partial charge in [0.15, 0.2) is 11.5 Å². The number of carbonyl (C=O) groups excluding carboxylic acids is 2. The van der Waals surface area contributed by atoms with Gasteiger partial charge in [0.05, 0.1) is 38.3 Å². The van der Waals surface area contributed by atoms with E-state index in [1.54, 1.807) is 56.0 Å². The maximum absolute atomic E-state index is 13.4. The van der Waals surface area contributed by atoms with E-state index >= 15 is 0 Å². The van der Waals surface area contributed by atoms with Gasteiger partial charge >= 0.3 is 0 Å². The molecule has 4 rings (SSSR count). The van der Waals surface area contributed by atoms with Crippen molar-refractivity contribution in [3.63, 3.8) is 0 Å². The van der Waals surface area contributed by atoms with Crippen molar-refractivity contribution in [3.05, 3.63) is 77.9 Å². The molecule has 1 aliphatic rings. The zero-order valence-corrected chi connectivity index (χ0v) is 22.6. The number of unbranched alkanes of at least 4 members (excludes halogenated alkanes) is 1. The number of nitrogens with zero attached hydrogens (tertiary/aromatic N) is 3. The molecule has 206 valence electrons. The number of aliphatic hydroxyl groups excluding tert-OH is 1. The fourth-order valence-corrected chi connectivity index (χ4v) is 4.61. The number of aromatic nitrogens is 2. The van der Waals surface area contributed by atoms with Crippen molar-refractivity contribution >= 4 is 17.4 Å². The van der Waals surface area contributed by atoms with Gasteiger partial charge in [-0.1, -0.05) is 19.4 Å². The number of hydrogen-bond acceptors (Lipinski definition) is 7. The monoisotopic (exact) mass is 533 g/mol. The lowest BCUT2D eigenvalue weighted by Gasteiger charge is -2.26. The Labute approximate surface area is 228 Å². The van der Waals surface area contributed by atoms with Gasteiger partial charge in [0.1, 0.15) is 11.5 Å². The van der Waals surface area contributed by atoms with Crippen LogP contribution < -0.4 is 14.2 Å². The van der Waals surface area contributed by atoms with Crippen LogP contribution in [0.3, 0.4) is 0 Å². The van der Waals surface area contributed by atoms with Gasteiger partial charge in [-0.15, -0.1) is 0 Å². The minimum absolute atomic E-state index is 0.0369. The Morgan fingerprint density at radius 2 is 1.79 bits per heavy atom. The Kier molecular flexibility index (Phi) is 9.25. The lowest BCUT2D eigenvalue weighted by molar-refractivity contribution is -0.139. The standard InChI is InChI=1S/C30H35N3O6/c1-4-6-18-39-24-13-10-22(19-25(24)38-5-2)27-26(28(34)21-8-11-23(37-3)12-9-21)29(35)30(36)33(27)16-7-15-32-17-14-31-20-32/h8-14,17,19-20,27,34H,4-7,15-16,18H2,1-3H3/b28-26+. The highest BCUT2D eigenvalue weighted by molar-refractivity contribution is 6.46. The van der Waals surface area contributed by atoms with Gasteiger partial charge in [0.2, 0.25) is 0 Å². The van der Waals surface area contributed by atoms with Crippen molar-refractivity contribution in [1.82, 2.24) is 14.5 Å². The fraction of sp³-hybridized carbons (Fsp3) is 0.367. The molecule has 0 bridgehead atoms. The van der Waals surface area contributed by atoms with Gasteiger partial charge in [-0.2, -0.15) is 0 Å². The van der Waals surface area contributed by atoms with Gasteiger partial charge in [0, 0.05) is 31.0 Å². The van der Waals surface area contributed by atoms with Gasteiger partial charge in [0.25, 0.3) is 11.7 Å². The second kappa shape index (κ2) is 13.0. The molecule has 2 aromatic carbocycles. The maximum Gasteiger partial charge on any atom is 0.295 e. The van der Waals surface area contributed by atoms with Gasteiger partial charge in [-0.25, -0.2) is 4.98 Å². The van der Waals surface area contributed by atoms with E-state index in [-0.39, 0.29) is 11.3 Å². The second-order valence-electron chi connectivity index (χ2n) is 9.22. The largest absolute Gasteiger partial charge is 0.507 e. The molecule has 1 unspecified atom stereocenters. The maximum atomic E-state index is 13.4. The zero-order chi connectivity index (χ0) is 27.8. The van der Waals surface area contributed by atoms with Crippen LogP contribution in [0.1, 0.15) is 50.3 Å². The van der Waals surface area contributed by atoms with Crippen LogP contribution in [0.5, 0.6) is 17.2 Å². The zero-order valence-electron chi connectivity index (χ0n) is 22.6. The van der Waals surface area contributed by atoms with Crippen LogP contribution in [0.2, 0.25) is 0 Å². The first-order chi connectivity index (χ1) is 19.0. The van der Waals surface area contributed by atoms with E-state index in [1.165, 1.54) is 4.90 Å².